The van der Waals surface area contributed by atoms with E-state index < -0.39 is 0 Å². The van der Waals surface area contributed by atoms with Crippen LogP contribution in [0.3, 0.4) is 0 Å². The monoisotopic (exact) mass is 215 g/mol. The molecular formula is C13H13NO2. The molecule has 1 aliphatic heterocycles. The minimum Gasteiger partial charge on any atom is -0.269 e. The van der Waals surface area contributed by atoms with Crippen LogP contribution in [0.2, 0.25) is 0 Å². The fourth-order valence-electron chi connectivity index (χ4n) is 1.96. The smallest absolute Gasteiger partial charge is 0.254 e. The number of benzene rings is 1. The number of nitrogens with zero attached hydrogens (tertiary/aromatic N) is 1. The quantitative estimate of drug-likeness (QED) is 0.724. The van der Waals surface area contributed by atoms with E-state index in [4.69, 9.17) is 0 Å². The van der Waals surface area contributed by atoms with Gasteiger partial charge in [0, 0.05) is 12.2 Å². The largest absolute Gasteiger partial charge is 0.269 e. The van der Waals surface area contributed by atoms with E-state index in [2.05, 4.69) is 0 Å². The first-order chi connectivity index (χ1) is 7.74. The average molecular weight is 215 g/mol. The first-order valence-corrected chi connectivity index (χ1v) is 5.34. The lowest BCUT2D eigenvalue weighted by Gasteiger charge is -2.25. The number of rotatable bonds is 3. The van der Waals surface area contributed by atoms with Gasteiger partial charge in [-0.3, -0.25) is 14.5 Å². The molecule has 0 spiro atoms. The van der Waals surface area contributed by atoms with Crippen molar-refractivity contribution in [2.75, 3.05) is 0 Å². The summed E-state index contributed by atoms with van der Waals surface area (Å²) in [7, 11) is 0. The van der Waals surface area contributed by atoms with Crippen LogP contribution in [0.1, 0.15) is 24.9 Å². The van der Waals surface area contributed by atoms with Crippen molar-refractivity contribution in [2.24, 2.45) is 0 Å². The van der Waals surface area contributed by atoms with Crippen LogP contribution < -0.4 is 0 Å². The van der Waals surface area contributed by atoms with Crippen LogP contribution in [0.25, 0.3) is 0 Å². The van der Waals surface area contributed by atoms with Crippen LogP contribution in [-0.2, 0) is 9.59 Å². The van der Waals surface area contributed by atoms with Gasteiger partial charge >= 0.3 is 0 Å². The van der Waals surface area contributed by atoms with Crippen molar-refractivity contribution < 1.29 is 9.59 Å². The molecular weight excluding hydrogens is 202 g/mol. The number of carbonyl (C=O) groups is 2. The number of imide groups is 1. The molecule has 0 fully saturated rings. The van der Waals surface area contributed by atoms with E-state index in [1.54, 1.807) is 0 Å². The molecule has 1 aromatic rings. The van der Waals surface area contributed by atoms with Gasteiger partial charge < -0.3 is 0 Å². The maximum absolute atomic E-state index is 11.6. The zero-order valence-corrected chi connectivity index (χ0v) is 9.09. The van der Waals surface area contributed by atoms with Gasteiger partial charge in [0.2, 0.25) is 0 Å². The summed E-state index contributed by atoms with van der Waals surface area (Å²) in [4.78, 5) is 24.5. The van der Waals surface area contributed by atoms with Gasteiger partial charge in [0.1, 0.15) is 0 Å². The predicted molar refractivity (Wildman–Crippen MR) is 60.5 cm³/mol. The fourth-order valence-corrected chi connectivity index (χ4v) is 1.96. The summed E-state index contributed by atoms with van der Waals surface area (Å²) in [6.07, 6.45) is 3.38. The lowest BCUT2D eigenvalue weighted by molar-refractivity contribution is -0.139. The predicted octanol–water partition coefficient (Wildman–Crippen LogP) is 2.06. The van der Waals surface area contributed by atoms with E-state index in [0.717, 1.165) is 12.0 Å². The topological polar surface area (TPSA) is 37.4 Å². The Labute approximate surface area is 94.4 Å². The van der Waals surface area contributed by atoms with Crippen LogP contribution in [0.5, 0.6) is 0 Å². The van der Waals surface area contributed by atoms with Crippen LogP contribution >= 0.6 is 0 Å². The van der Waals surface area contributed by atoms with E-state index >= 15 is 0 Å². The Morgan fingerprint density at radius 3 is 2.12 bits per heavy atom. The molecule has 82 valence electrons. The van der Waals surface area contributed by atoms with E-state index in [-0.39, 0.29) is 17.9 Å². The van der Waals surface area contributed by atoms with Gasteiger partial charge in [-0.25, -0.2) is 0 Å². The Hall–Kier alpha value is -1.90. The Balaban J connectivity index is 2.31. The Morgan fingerprint density at radius 1 is 1.06 bits per heavy atom. The van der Waals surface area contributed by atoms with Crippen molar-refractivity contribution in [3.05, 3.63) is 48.0 Å². The molecule has 1 aromatic carbocycles. The van der Waals surface area contributed by atoms with E-state index in [9.17, 15) is 9.59 Å². The molecule has 3 heteroatoms. The van der Waals surface area contributed by atoms with E-state index in [0.29, 0.717) is 0 Å². The molecule has 3 nitrogen and oxygen atoms in total. The molecule has 0 saturated heterocycles. The van der Waals surface area contributed by atoms with Crippen molar-refractivity contribution in [1.82, 2.24) is 4.90 Å². The maximum atomic E-state index is 11.6. The van der Waals surface area contributed by atoms with E-state index in [1.807, 2.05) is 37.3 Å². The SMILES string of the molecule is CCC(c1ccccc1)N1C(=O)C=CC1=O. The van der Waals surface area contributed by atoms with Gasteiger partial charge in [0.25, 0.3) is 11.8 Å². The van der Waals surface area contributed by atoms with Crippen LogP contribution in [0, 0.1) is 0 Å². The highest BCUT2D eigenvalue weighted by Crippen LogP contribution is 2.26. The average Bonchev–Trinajstić information content (AvgIpc) is 2.63. The Morgan fingerprint density at radius 2 is 1.62 bits per heavy atom. The third kappa shape index (κ3) is 1.76. The van der Waals surface area contributed by atoms with Crippen LogP contribution in [0.15, 0.2) is 42.5 Å². The molecule has 0 N–H and O–H groups in total. The van der Waals surface area contributed by atoms with Gasteiger partial charge in [-0.2, -0.15) is 0 Å². The zero-order chi connectivity index (χ0) is 11.5. The summed E-state index contributed by atoms with van der Waals surface area (Å²) >= 11 is 0. The first-order valence-electron chi connectivity index (χ1n) is 5.34. The number of amides is 2. The van der Waals surface area contributed by atoms with Gasteiger partial charge in [-0.15, -0.1) is 0 Å². The normalized spacial score (nSPS) is 16.9. The summed E-state index contributed by atoms with van der Waals surface area (Å²) < 4.78 is 0. The standard InChI is InChI=1S/C13H13NO2/c1-2-11(10-6-4-3-5-7-10)14-12(15)8-9-13(14)16/h3-9,11H,2H2,1H3. The molecule has 1 atom stereocenters. The molecule has 0 aliphatic carbocycles. The van der Waals surface area contributed by atoms with Crippen LogP contribution in [-0.4, -0.2) is 16.7 Å². The molecule has 1 heterocycles. The highest BCUT2D eigenvalue weighted by Gasteiger charge is 2.30. The number of hydrogen-bond donors (Lipinski definition) is 0. The van der Waals surface area contributed by atoms with Crippen molar-refractivity contribution in [3.8, 4) is 0 Å². The summed E-state index contributed by atoms with van der Waals surface area (Å²) in [5.41, 5.74) is 0.996. The Bertz CT molecular complexity index is 419. The third-order valence-electron chi connectivity index (χ3n) is 2.73. The van der Waals surface area contributed by atoms with Crippen molar-refractivity contribution in [3.63, 3.8) is 0 Å². The van der Waals surface area contributed by atoms with Gasteiger partial charge in [-0.05, 0) is 12.0 Å². The molecule has 0 bridgehead atoms. The Kier molecular flexibility index (Phi) is 2.86. The van der Waals surface area contributed by atoms with Gasteiger partial charge in [-0.1, -0.05) is 37.3 Å². The number of carbonyl (C=O) groups excluding carboxylic acids is 2. The highest BCUT2D eigenvalue weighted by molar-refractivity contribution is 6.13. The minimum atomic E-state index is -0.222. The molecule has 1 aliphatic rings. The molecule has 0 radical (unpaired) electrons. The summed E-state index contributed by atoms with van der Waals surface area (Å²) in [6.45, 7) is 1.97. The molecule has 2 amide bonds. The second kappa shape index (κ2) is 4.31. The van der Waals surface area contributed by atoms with Gasteiger partial charge in [0.05, 0.1) is 6.04 Å². The second-order valence-electron chi connectivity index (χ2n) is 3.71. The van der Waals surface area contributed by atoms with Gasteiger partial charge in [0.15, 0.2) is 0 Å². The third-order valence-corrected chi connectivity index (χ3v) is 2.73. The fraction of sp³-hybridized carbons (Fsp3) is 0.231. The molecule has 1 unspecified atom stereocenters. The lowest BCUT2D eigenvalue weighted by Crippen LogP contribution is -2.33. The molecule has 2 rings (SSSR count). The molecule has 0 aromatic heterocycles. The zero-order valence-electron chi connectivity index (χ0n) is 9.09. The maximum Gasteiger partial charge on any atom is 0.254 e. The molecule has 16 heavy (non-hydrogen) atoms. The van der Waals surface area contributed by atoms with Crippen LogP contribution in [0.4, 0.5) is 0 Å². The highest BCUT2D eigenvalue weighted by atomic mass is 16.2. The summed E-state index contributed by atoms with van der Waals surface area (Å²) in [6, 6.07) is 9.46. The van der Waals surface area contributed by atoms with E-state index in [1.165, 1.54) is 17.1 Å². The first kappa shape index (κ1) is 10.6. The minimum absolute atomic E-state index is 0.156. The summed E-state index contributed by atoms with van der Waals surface area (Å²) in [5.74, 6) is -0.443. The van der Waals surface area contributed by atoms with Crippen molar-refractivity contribution >= 4 is 11.8 Å². The number of hydrogen-bond acceptors (Lipinski definition) is 2. The van der Waals surface area contributed by atoms with Crippen molar-refractivity contribution in [2.45, 2.75) is 19.4 Å². The lowest BCUT2D eigenvalue weighted by atomic mass is 10.0. The molecule has 0 saturated carbocycles. The van der Waals surface area contributed by atoms with Crippen molar-refractivity contribution in [1.29, 1.82) is 0 Å². The second-order valence-corrected chi connectivity index (χ2v) is 3.71. The summed E-state index contributed by atoms with van der Waals surface area (Å²) in [5, 5.41) is 0.